The second kappa shape index (κ2) is 12.8. The predicted octanol–water partition coefficient (Wildman–Crippen LogP) is 3.27. The highest BCUT2D eigenvalue weighted by Gasteiger charge is 2.40. The number of hydrogen-bond acceptors (Lipinski definition) is 8. The van der Waals surface area contributed by atoms with Gasteiger partial charge in [-0.15, -0.1) is 0 Å². The molecule has 1 aliphatic rings. The smallest absolute Gasteiger partial charge is 0.261 e. The number of halogens is 2. The Labute approximate surface area is 220 Å². The Kier molecular flexibility index (Phi) is 10.6. The second-order valence-corrected chi connectivity index (χ2v) is 10.1. The monoisotopic (exact) mass is 565 g/mol. The van der Waals surface area contributed by atoms with Crippen LogP contribution in [0.4, 0.5) is 0 Å². The number of carbonyl (C=O) groups is 1. The molecule has 200 valence electrons. The minimum Gasteiger partial charge on any atom is -0.493 e. The summed E-state index contributed by atoms with van der Waals surface area (Å²) in [6.45, 7) is 0.813. The Bertz CT molecular complexity index is 1140. The second-order valence-electron chi connectivity index (χ2n) is 7.82. The van der Waals surface area contributed by atoms with Crippen LogP contribution in [0.1, 0.15) is 22.3 Å². The number of carbonyl (C=O) groups excluding carboxylic acids is 1. The number of ether oxygens (including phenoxy) is 4. The molecule has 1 saturated heterocycles. The van der Waals surface area contributed by atoms with Gasteiger partial charge in [0.1, 0.15) is 5.60 Å². The van der Waals surface area contributed by atoms with E-state index in [1.807, 2.05) is 0 Å². The first-order valence-corrected chi connectivity index (χ1v) is 13.2. The molecule has 0 aromatic heterocycles. The van der Waals surface area contributed by atoms with Crippen molar-refractivity contribution in [2.45, 2.75) is 12.0 Å². The molecule has 10 nitrogen and oxygen atoms in total. The van der Waals surface area contributed by atoms with Gasteiger partial charge < -0.3 is 29.0 Å². The van der Waals surface area contributed by atoms with Crippen molar-refractivity contribution in [2.75, 3.05) is 53.9 Å². The molecular formula is C23H29Cl2NO9S. The first-order valence-electron chi connectivity index (χ1n) is 10.6. The molecule has 0 aliphatic carbocycles. The van der Waals surface area contributed by atoms with E-state index in [1.54, 1.807) is 35.2 Å². The fourth-order valence-electron chi connectivity index (χ4n) is 3.78. The molecule has 1 unspecified atom stereocenters. The number of nitrogens with zero attached hydrogens (tertiary/aromatic N) is 1. The van der Waals surface area contributed by atoms with Gasteiger partial charge in [0.15, 0.2) is 11.5 Å². The molecule has 1 fully saturated rings. The molecule has 36 heavy (non-hydrogen) atoms. The summed E-state index contributed by atoms with van der Waals surface area (Å²) in [5.74, 6) is 0.980. The molecule has 1 atom stereocenters. The van der Waals surface area contributed by atoms with Gasteiger partial charge in [-0.2, -0.15) is 8.42 Å². The summed E-state index contributed by atoms with van der Waals surface area (Å²) in [4.78, 5) is 15.1. The minimum absolute atomic E-state index is 0.119. The first kappa shape index (κ1) is 29.9. The van der Waals surface area contributed by atoms with E-state index < -0.39 is 15.7 Å². The zero-order valence-corrected chi connectivity index (χ0v) is 22.6. The molecule has 0 saturated carbocycles. The Morgan fingerprint density at radius 3 is 2.14 bits per heavy atom. The van der Waals surface area contributed by atoms with Gasteiger partial charge in [-0.25, -0.2) is 0 Å². The molecule has 2 aromatic rings. The number of benzene rings is 2. The third kappa shape index (κ3) is 7.61. The Balaban J connectivity index is 0.000000830. The molecular weight excluding hydrogens is 537 g/mol. The summed E-state index contributed by atoms with van der Waals surface area (Å²) < 4.78 is 48.0. The van der Waals surface area contributed by atoms with Crippen LogP contribution in [0.3, 0.4) is 0 Å². The van der Waals surface area contributed by atoms with Crippen LogP contribution >= 0.6 is 23.2 Å². The van der Waals surface area contributed by atoms with Gasteiger partial charge >= 0.3 is 0 Å². The van der Waals surface area contributed by atoms with Crippen molar-refractivity contribution in [2.24, 2.45) is 0 Å². The molecule has 1 amide bonds. The Morgan fingerprint density at radius 1 is 1.08 bits per heavy atom. The van der Waals surface area contributed by atoms with Gasteiger partial charge in [0.25, 0.3) is 16.0 Å². The van der Waals surface area contributed by atoms with Crippen LogP contribution in [-0.4, -0.2) is 82.8 Å². The van der Waals surface area contributed by atoms with Gasteiger partial charge in [0.05, 0.1) is 50.8 Å². The number of methoxy groups -OCH3 is 3. The van der Waals surface area contributed by atoms with E-state index in [-0.39, 0.29) is 19.1 Å². The van der Waals surface area contributed by atoms with E-state index >= 15 is 0 Å². The summed E-state index contributed by atoms with van der Waals surface area (Å²) >= 11 is 12.3. The highest BCUT2D eigenvalue weighted by atomic mass is 35.5. The highest BCUT2D eigenvalue weighted by Crippen LogP contribution is 2.40. The minimum atomic E-state index is -3.67. The normalized spacial score (nSPS) is 17.6. The number of aliphatic hydroxyl groups is 1. The van der Waals surface area contributed by atoms with Crippen molar-refractivity contribution in [3.8, 4) is 17.2 Å². The van der Waals surface area contributed by atoms with E-state index in [9.17, 15) is 18.3 Å². The predicted molar refractivity (Wildman–Crippen MR) is 135 cm³/mol. The van der Waals surface area contributed by atoms with Gasteiger partial charge in [0.2, 0.25) is 5.75 Å². The van der Waals surface area contributed by atoms with Crippen LogP contribution in [0.15, 0.2) is 30.3 Å². The summed E-state index contributed by atoms with van der Waals surface area (Å²) in [7, 11) is 0.831. The summed E-state index contributed by atoms with van der Waals surface area (Å²) in [6, 6.07) is 8.43. The molecule has 0 spiro atoms. The molecule has 3 rings (SSSR count). The average molecular weight is 566 g/mol. The van der Waals surface area contributed by atoms with Gasteiger partial charge in [0, 0.05) is 25.1 Å². The van der Waals surface area contributed by atoms with Crippen LogP contribution < -0.4 is 14.2 Å². The van der Waals surface area contributed by atoms with Crippen molar-refractivity contribution in [1.82, 2.24) is 4.90 Å². The quantitative estimate of drug-likeness (QED) is 0.485. The average Bonchev–Trinajstić information content (AvgIpc) is 2.83. The fraction of sp³-hybridized carbons (Fsp3) is 0.435. The molecule has 13 heteroatoms. The zero-order valence-electron chi connectivity index (χ0n) is 20.3. The van der Waals surface area contributed by atoms with E-state index in [2.05, 4.69) is 0 Å². The summed E-state index contributed by atoms with van der Waals surface area (Å²) in [5, 5.41) is 10.5. The van der Waals surface area contributed by atoms with Crippen LogP contribution in [0.5, 0.6) is 17.2 Å². The van der Waals surface area contributed by atoms with E-state index in [0.29, 0.717) is 58.7 Å². The van der Waals surface area contributed by atoms with Crippen molar-refractivity contribution in [1.29, 1.82) is 0 Å². The maximum absolute atomic E-state index is 13.4. The number of hydrogen-bond donors (Lipinski definition) is 2. The van der Waals surface area contributed by atoms with E-state index in [4.69, 9.17) is 46.7 Å². The molecule has 0 bridgehead atoms. The van der Waals surface area contributed by atoms with Crippen molar-refractivity contribution in [3.63, 3.8) is 0 Å². The maximum atomic E-state index is 13.4. The lowest BCUT2D eigenvalue weighted by molar-refractivity contribution is -0.115. The molecule has 2 aromatic carbocycles. The lowest BCUT2D eigenvalue weighted by Gasteiger charge is -2.43. The standard InChI is InChI=1S/C22H25Cl2NO6.CH4O3S/c1-28-18-10-14(11-19(29-2)20(18)30-3)21(27)25-7-9-31-22(13-25,6-8-26)15-4-5-16(23)17(24)12-15;1-5(2,3)4/h4-5,10-12,26H,6-9,13H2,1-3H3;1H3,(H,2,3,4). The Hall–Kier alpha value is -2.28. The molecule has 2 N–H and O–H groups in total. The summed E-state index contributed by atoms with van der Waals surface area (Å²) in [6.07, 6.45) is 1.01. The first-order chi connectivity index (χ1) is 16.9. The molecule has 0 radical (unpaired) electrons. The Morgan fingerprint density at radius 2 is 1.67 bits per heavy atom. The van der Waals surface area contributed by atoms with Crippen LogP contribution in [0.25, 0.3) is 0 Å². The van der Waals surface area contributed by atoms with E-state index in [1.165, 1.54) is 21.3 Å². The van der Waals surface area contributed by atoms with Gasteiger partial charge in [-0.1, -0.05) is 29.3 Å². The number of rotatable bonds is 7. The van der Waals surface area contributed by atoms with Gasteiger partial charge in [-0.05, 0) is 29.8 Å². The zero-order chi connectivity index (χ0) is 27.1. The highest BCUT2D eigenvalue weighted by molar-refractivity contribution is 7.85. The third-order valence-corrected chi connectivity index (χ3v) is 6.09. The fourth-order valence-corrected chi connectivity index (χ4v) is 4.07. The van der Waals surface area contributed by atoms with Crippen molar-refractivity contribution in [3.05, 3.63) is 51.5 Å². The number of amides is 1. The van der Waals surface area contributed by atoms with Crippen LogP contribution in [0.2, 0.25) is 10.0 Å². The van der Waals surface area contributed by atoms with E-state index in [0.717, 1.165) is 5.56 Å². The van der Waals surface area contributed by atoms with Crippen LogP contribution in [-0.2, 0) is 20.5 Å². The third-order valence-electron chi connectivity index (χ3n) is 5.35. The van der Waals surface area contributed by atoms with Crippen molar-refractivity contribution >= 4 is 39.2 Å². The lowest BCUT2D eigenvalue weighted by atomic mass is 9.88. The largest absolute Gasteiger partial charge is 0.493 e. The summed E-state index contributed by atoms with van der Waals surface area (Å²) in [5.41, 5.74) is 0.235. The molecule has 1 aliphatic heterocycles. The van der Waals surface area contributed by atoms with Crippen molar-refractivity contribution < 1.29 is 41.8 Å². The maximum Gasteiger partial charge on any atom is 0.261 e. The number of aliphatic hydroxyl groups excluding tert-OH is 1. The number of morpholine rings is 1. The topological polar surface area (TPSA) is 132 Å². The lowest BCUT2D eigenvalue weighted by Crippen LogP contribution is -2.52. The van der Waals surface area contributed by atoms with Crippen LogP contribution in [0, 0.1) is 0 Å². The molecule has 1 heterocycles. The SMILES string of the molecule is COc1cc(C(=O)N2CCOC(CCO)(c3ccc(Cl)c(Cl)c3)C2)cc(OC)c1OC.CS(=O)(=O)O. The van der Waals surface area contributed by atoms with Gasteiger partial charge in [-0.3, -0.25) is 9.35 Å².